The third-order valence-electron chi connectivity index (χ3n) is 3.02. The number of nitrogens with one attached hydrogen (secondary N) is 2. The number of nitrogens with zero attached hydrogens (tertiary/aromatic N) is 5. The van der Waals surface area contributed by atoms with Crippen molar-refractivity contribution in [2.24, 2.45) is 5.92 Å². The largest absolute Gasteiger partial charge is 0.339 e. The Labute approximate surface area is 126 Å². The second kappa shape index (κ2) is 5.76. The van der Waals surface area contributed by atoms with Crippen molar-refractivity contribution >= 4 is 28.7 Å². The summed E-state index contributed by atoms with van der Waals surface area (Å²) in [6.07, 6.45) is 0. The quantitative estimate of drug-likeness (QED) is 0.763. The predicted octanol–water partition coefficient (Wildman–Crippen LogP) is 1.86. The molecule has 0 spiro atoms. The van der Waals surface area contributed by atoms with Crippen LogP contribution in [0.15, 0.2) is 36.4 Å². The van der Waals surface area contributed by atoms with Gasteiger partial charge in [-0.1, -0.05) is 13.8 Å². The van der Waals surface area contributed by atoms with Gasteiger partial charge in [-0.2, -0.15) is 0 Å². The maximum absolute atomic E-state index is 11.6. The number of hydrogen-bond donors (Lipinski definition) is 2. The van der Waals surface area contributed by atoms with Crippen molar-refractivity contribution in [2.75, 3.05) is 10.6 Å². The van der Waals surface area contributed by atoms with E-state index in [1.54, 1.807) is 12.1 Å². The lowest BCUT2D eigenvalue weighted by Crippen LogP contribution is -2.17. The minimum absolute atomic E-state index is 0.00786. The number of benzene rings is 1. The molecular formula is C14H15N7O. The second-order valence-electron chi connectivity index (χ2n) is 5.09. The van der Waals surface area contributed by atoms with Crippen molar-refractivity contribution in [3.05, 3.63) is 36.4 Å². The maximum Gasteiger partial charge on any atom is 0.226 e. The van der Waals surface area contributed by atoms with Crippen molar-refractivity contribution in [2.45, 2.75) is 13.8 Å². The molecule has 2 N–H and O–H groups in total. The van der Waals surface area contributed by atoms with Crippen LogP contribution in [-0.2, 0) is 4.79 Å². The zero-order valence-corrected chi connectivity index (χ0v) is 12.2. The van der Waals surface area contributed by atoms with E-state index in [0.29, 0.717) is 11.5 Å². The van der Waals surface area contributed by atoms with Gasteiger partial charge in [-0.05, 0) is 46.8 Å². The first kappa shape index (κ1) is 13.9. The molecule has 0 bridgehead atoms. The molecule has 0 saturated carbocycles. The van der Waals surface area contributed by atoms with Crippen molar-refractivity contribution in [3.8, 4) is 0 Å². The van der Waals surface area contributed by atoms with E-state index in [4.69, 9.17) is 0 Å². The molecule has 0 unspecified atom stereocenters. The Bertz CT molecular complexity index is 794. The Hall–Kier alpha value is -3.03. The summed E-state index contributed by atoms with van der Waals surface area (Å²) in [5.41, 5.74) is 2.19. The van der Waals surface area contributed by atoms with Crippen LogP contribution in [0.5, 0.6) is 0 Å². The standard InChI is InChI=1S/C14H15N7O/c1-9(2)14(22)16-11-5-3-10(4-6-11)15-12-7-8-13-17-19-20-21(13)18-12/h3-9H,1-2H3,(H,15,18)(H,16,22). The van der Waals surface area contributed by atoms with Gasteiger partial charge >= 0.3 is 0 Å². The molecule has 8 nitrogen and oxygen atoms in total. The average molecular weight is 297 g/mol. The normalized spacial score (nSPS) is 10.9. The van der Waals surface area contributed by atoms with Crippen LogP contribution in [0.1, 0.15) is 13.8 Å². The number of amides is 1. The molecule has 1 aromatic carbocycles. The molecule has 1 amide bonds. The molecule has 0 fully saturated rings. The first-order valence-corrected chi connectivity index (χ1v) is 6.85. The van der Waals surface area contributed by atoms with Crippen LogP contribution in [0.4, 0.5) is 17.2 Å². The number of hydrogen-bond acceptors (Lipinski definition) is 6. The highest BCUT2D eigenvalue weighted by Crippen LogP contribution is 2.18. The fourth-order valence-electron chi connectivity index (χ4n) is 1.79. The maximum atomic E-state index is 11.6. The number of carbonyl (C=O) groups excluding carboxylic acids is 1. The molecule has 0 aliphatic heterocycles. The highest BCUT2D eigenvalue weighted by atomic mass is 16.1. The van der Waals surface area contributed by atoms with Crippen LogP contribution in [0, 0.1) is 5.92 Å². The van der Waals surface area contributed by atoms with Crippen LogP contribution in [0.3, 0.4) is 0 Å². The second-order valence-corrected chi connectivity index (χ2v) is 5.09. The Kier molecular flexibility index (Phi) is 3.65. The summed E-state index contributed by atoms with van der Waals surface area (Å²) in [6.45, 7) is 3.71. The lowest BCUT2D eigenvalue weighted by molar-refractivity contribution is -0.118. The molecule has 3 aromatic rings. The summed E-state index contributed by atoms with van der Waals surface area (Å²) >= 11 is 0. The SMILES string of the molecule is CC(C)C(=O)Nc1ccc(Nc2ccc3nnnn3n2)cc1. The van der Waals surface area contributed by atoms with Crippen molar-refractivity contribution in [1.29, 1.82) is 0 Å². The number of tetrazole rings is 1. The molecule has 0 saturated heterocycles. The molecule has 2 aromatic heterocycles. The van der Waals surface area contributed by atoms with E-state index in [0.717, 1.165) is 11.4 Å². The summed E-state index contributed by atoms with van der Waals surface area (Å²) in [6, 6.07) is 11.0. The van der Waals surface area contributed by atoms with Crippen LogP contribution in [0.2, 0.25) is 0 Å². The van der Waals surface area contributed by atoms with Gasteiger partial charge in [0, 0.05) is 17.3 Å². The fraction of sp³-hybridized carbons (Fsp3) is 0.214. The number of carbonyl (C=O) groups is 1. The third kappa shape index (κ3) is 3.00. The van der Waals surface area contributed by atoms with Gasteiger partial charge < -0.3 is 10.6 Å². The monoisotopic (exact) mass is 297 g/mol. The van der Waals surface area contributed by atoms with Gasteiger partial charge in [0.15, 0.2) is 11.5 Å². The third-order valence-corrected chi connectivity index (χ3v) is 3.02. The predicted molar refractivity (Wildman–Crippen MR) is 81.8 cm³/mol. The number of fused-ring (bicyclic) bond motifs is 1. The molecule has 3 rings (SSSR count). The Morgan fingerprint density at radius 3 is 2.55 bits per heavy atom. The van der Waals surface area contributed by atoms with Crippen LogP contribution >= 0.6 is 0 Å². The van der Waals surface area contributed by atoms with E-state index >= 15 is 0 Å². The Balaban J connectivity index is 1.71. The lowest BCUT2D eigenvalue weighted by Gasteiger charge is -2.09. The topological polar surface area (TPSA) is 97.1 Å². The van der Waals surface area contributed by atoms with Crippen LogP contribution < -0.4 is 10.6 Å². The molecule has 22 heavy (non-hydrogen) atoms. The van der Waals surface area contributed by atoms with Crippen LogP contribution in [-0.4, -0.2) is 31.2 Å². The summed E-state index contributed by atoms with van der Waals surface area (Å²) in [5.74, 6) is 0.565. The van der Waals surface area contributed by atoms with Crippen molar-refractivity contribution in [3.63, 3.8) is 0 Å². The van der Waals surface area contributed by atoms with E-state index in [1.807, 2.05) is 38.1 Å². The van der Waals surface area contributed by atoms with Gasteiger partial charge in [0.1, 0.15) is 0 Å². The Morgan fingerprint density at radius 1 is 1.09 bits per heavy atom. The minimum atomic E-state index is -0.0509. The van der Waals surface area contributed by atoms with Gasteiger partial charge in [-0.25, -0.2) is 0 Å². The molecular weight excluding hydrogens is 282 g/mol. The number of rotatable bonds is 4. The molecule has 112 valence electrons. The minimum Gasteiger partial charge on any atom is -0.339 e. The number of aromatic nitrogens is 5. The molecule has 0 atom stereocenters. The molecule has 0 aliphatic carbocycles. The Morgan fingerprint density at radius 2 is 1.82 bits per heavy atom. The molecule has 0 radical (unpaired) electrons. The van der Waals surface area contributed by atoms with Crippen molar-refractivity contribution < 1.29 is 4.79 Å². The molecule has 2 heterocycles. The summed E-state index contributed by atoms with van der Waals surface area (Å²) in [7, 11) is 0. The first-order valence-electron chi connectivity index (χ1n) is 6.85. The highest BCUT2D eigenvalue weighted by Gasteiger charge is 2.07. The summed E-state index contributed by atoms with van der Waals surface area (Å²) in [5, 5.41) is 21.3. The van der Waals surface area contributed by atoms with Crippen molar-refractivity contribution in [1.82, 2.24) is 25.3 Å². The van der Waals surface area contributed by atoms with E-state index in [-0.39, 0.29) is 11.8 Å². The van der Waals surface area contributed by atoms with Gasteiger partial charge in [-0.3, -0.25) is 4.79 Å². The van der Waals surface area contributed by atoms with Gasteiger partial charge in [-0.15, -0.1) is 14.8 Å². The van der Waals surface area contributed by atoms with Gasteiger partial charge in [0.05, 0.1) is 0 Å². The molecule has 8 heteroatoms. The molecule has 0 aliphatic rings. The summed E-state index contributed by atoms with van der Waals surface area (Å²) < 4.78 is 1.35. The van der Waals surface area contributed by atoms with Gasteiger partial charge in [0.2, 0.25) is 5.91 Å². The van der Waals surface area contributed by atoms with E-state index in [1.165, 1.54) is 4.63 Å². The summed E-state index contributed by atoms with van der Waals surface area (Å²) in [4.78, 5) is 11.6. The number of anilines is 3. The van der Waals surface area contributed by atoms with E-state index < -0.39 is 0 Å². The zero-order chi connectivity index (χ0) is 15.5. The first-order chi connectivity index (χ1) is 10.6. The van der Waals surface area contributed by atoms with Crippen LogP contribution in [0.25, 0.3) is 5.65 Å². The van der Waals surface area contributed by atoms with Gasteiger partial charge in [0.25, 0.3) is 0 Å². The zero-order valence-electron chi connectivity index (χ0n) is 12.2. The smallest absolute Gasteiger partial charge is 0.226 e. The lowest BCUT2D eigenvalue weighted by atomic mass is 10.2. The van der Waals surface area contributed by atoms with E-state index in [9.17, 15) is 4.79 Å². The fourth-order valence-corrected chi connectivity index (χ4v) is 1.79. The van der Waals surface area contributed by atoms with E-state index in [2.05, 4.69) is 31.3 Å². The average Bonchev–Trinajstić information content (AvgIpc) is 2.96. The highest BCUT2D eigenvalue weighted by molar-refractivity contribution is 5.92.